The highest BCUT2D eigenvalue weighted by Crippen LogP contribution is 2.22. The van der Waals surface area contributed by atoms with E-state index in [2.05, 4.69) is 35.9 Å². The zero-order valence-corrected chi connectivity index (χ0v) is 15.1. The highest BCUT2D eigenvalue weighted by atomic mass is 32.2. The molecule has 0 bridgehead atoms. The van der Waals surface area contributed by atoms with Gasteiger partial charge in [0, 0.05) is 50.1 Å². The van der Waals surface area contributed by atoms with Gasteiger partial charge in [0.05, 0.1) is 19.0 Å². The van der Waals surface area contributed by atoms with Gasteiger partial charge in [-0.15, -0.1) is 11.8 Å². The largest absolute Gasteiger partial charge is 0.379 e. The van der Waals surface area contributed by atoms with Crippen molar-refractivity contribution in [1.82, 2.24) is 15.1 Å². The van der Waals surface area contributed by atoms with Crippen molar-refractivity contribution >= 4 is 17.7 Å². The van der Waals surface area contributed by atoms with Crippen LogP contribution < -0.4 is 5.32 Å². The minimum absolute atomic E-state index is 0.150. The summed E-state index contributed by atoms with van der Waals surface area (Å²) in [5.41, 5.74) is 0. The zero-order valence-electron chi connectivity index (χ0n) is 14.3. The number of likely N-dealkylation sites (tertiary alicyclic amines) is 1. The lowest BCUT2D eigenvalue weighted by Crippen LogP contribution is -2.42. The first-order chi connectivity index (χ1) is 10.4. The zero-order chi connectivity index (χ0) is 16.0. The van der Waals surface area contributed by atoms with Gasteiger partial charge in [-0.25, -0.2) is 0 Å². The Bertz CT molecular complexity index is 354. The minimum atomic E-state index is 0.150. The number of hydrogen-bond donors (Lipinski definition) is 1. The van der Waals surface area contributed by atoms with Crippen LogP contribution >= 0.6 is 11.8 Å². The molecule has 2 heterocycles. The Morgan fingerprint density at radius 1 is 1.18 bits per heavy atom. The fourth-order valence-electron chi connectivity index (χ4n) is 2.81. The van der Waals surface area contributed by atoms with Gasteiger partial charge in [0.25, 0.3) is 0 Å². The molecule has 2 aliphatic rings. The van der Waals surface area contributed by atoms with Crippen LogP contribution in [0.15, 0.2) is 0 Å². The molecule has 0 aromatic rings. The molecule has 0 aromatic heterocycles. The van der Waals surface area contributed by atoms with Crippen LogP contribution in [-0.2, 0) is 9.53 Å². The summed E-state index contributed by atoms with van der Waals surface area (Å²) in [6.07, 6.45) is 1.08. The molecule has 5 nitrogen and oxygen atoms in total. The Kier molecular flexibility index (Phi) is 6.99. The molecule has 2 saturated heterocycles. The molecule has 0 unspecified atom stereocenters. The molecule has 1 N–H and O–H groups in total. The maximum absolute atomic E-state index is 12.0. The van der Waals surface area contributed by atoms with Gasteiger partial charge in [-0.3, -0.25) is 14.6 Å². The summed E-state index contributed by atoms with van der Waals surface area (Å²) in [5.74, 6) is 0.744. The van der Waals surface area contributed by atoms with E-state index in [9.17, 15) is 4.79 Å². The van der Waals surface area contributed by atoms with E-state index in [1.165, 1.54) is 0 Å². The first-order valence-electron chi connectivity index (χ1n) is 8.38. The number of rotatable bonds is 6. The smallest absolute Gasteiger partial charge is 0.230 e. The Morgan fingerprint density at radius 2 is 1.86 bits per heavy atom. The van der Waals surface area contributed by atoms with Crippen LogP contribution in [0.3, 0.4) is 0 Å². The molecule has 0 radical (unpaired) electrons. The highest BCUT2D eigenvalue weighted by molar-refractivity contribution is 8.01. The Morgan fingerprint density at radius 3 is 2.55 bits per heavy atom. The molecule has 2 rings (SSSR count). The highest BCUT2D eigenvalue weighted by Gasteiger charge is 2.24. The molecule has 6 heteroatoms. The van der Waals surface area contributed by atoms with Crippen molar-refractivity contribution in [3.05, 3.63) is 0 Å². The molecule has 128 valence electrons. The second-order valence-corrected chi connectivity index (χ2v) is 9.01. The van der Waals surface area contributed by atoms with Gasteiger partial charge in [-0.2, -0.15) is 0 Å². The lowest BCUT2D eigenvalue weighted by Gasteiger charge is -2.28. The van der Waals surface area contributed by atoms with E-state index in [-0.39, 0.29) is 10.7 Å². The summed E-state index contributed by atoms with van der Waals surface area (Å²) in [4.78, 5) is 16.9. The van der Waals surface area contributed by atoms with Crippen molar-refractivity contribution in [2.75, 3.05) is 58.2 Å². The van der Waals surface area contributed by atoms with E-state index in [4.69, 9.17) is 4.74 Å². The van der Waals surface area contributed by atoms with Gasteiger partial charge in [0.15, 0.2) is 0 Å². The summed E-state index contributed by atoms with van der Waals surface area (Å²) in [5, 5.41) is 3.18. The fourth-order valence-corrected chi connectivity index (χ4v) is 3.46. The number of thioether (sulfide) groups is 1. The SMILES string of the molecule is CC(C)(C)SCC(=O)N[C@@H]1CCN(CCN2CCOCC2)C1. The van der Waals surface area contributed by atoms with Gasteiger partial charge in [0.2, 0.25) is 5.91 Å². The van der Waals surface area contributed by atoms with Crippen molar-refractivity contribution < 1.29 is 9.53 Å². The van der Waals surface area contributed by atoms with Crippen LogP contribution in [0, 0.1) is 0 Å². The first kappa shape index (κ1) is 18.0. The topological polar surface area (TPSA) is 44.8 Å². The van der Waals surface area contributed by atoms with Crippen LogP contribution in [0.2, 0.25) is 0 Å². The minimum Gasteiger partial charge on any atom is -0.379 e. The average molecular weight is 330 g/mol. The van der Waals surface area contributed by atoms with Gasteiger partial charge in [-0.05, 0) is 6.42 Å². The molecule has 0 aromatic carbocycles. The van der Waals surface area contributed by atoms with E-state index < -0.39 is 0 Å². The van der Waals surface area contributed by atoms with E-state index in [1.54, 1.807) is 11.8 Å². The fraction of sp³-hybridized carbons (Fsp3) is 0.938. The van der Waals surface area contributed by atoms with Gasteiger partial charge < -0.3 is 10.1 Å². The molecule has 22 heavy (non-hydrogen) atoms. The standard InChI is InChI=1S/C16H31N3O2S/c1-16(2,3)22-13-15(20)17-14-4-5-19(12-14)7-6-18-8-10-21-11-9-18/h14H,4-13H2,1-3H3,(H,17,20)/t14-/m1/s1. The predicted molar refractivity (Wildman–Crippen MR) is 92.5 cm³/mol. The molecular formula is C16H31N3O2S. The Labute approximate surface area is 139 Å². The second-order valence-electron chi connectivity index (χ2n) is 7.21. The maximum Gasteiger partial charge on any atom is 0.230 e. The number of morpholine rings is 1. The number of nitrogens with zero attached hydrogens (tertiary/aromatic N) is 2. The number of carbonyl (C=O) groups excluding carboxylic acids is 1. The number of ether oxygens (including phenoxy) is 1. The summed E-state index contributed by atoms with van der Waals surface area (Å²) < 4.78 is 5.52. The lowest BCUT2D eigenvalue weighted by molar-refractivity contribution is -0.119. The van der Waals surface area contributed by atoms with Crippen molar-refractivity contribution in [3.63, 3.8) is 0 Å². The quantitative estimate of drug-likeness (QED) is 0.789. The molecule has 0 aliphatic carbocycles. The lowest BCUT2D eigenvalue weighted by atomic mass is 10.2. The molecular weight excluding hydrogens is 298 g/mol. The van der Waals surface area contributed by atoms with Gasteiger partial charge in [-0.1, -0.05) is 20.8 Å². The monoisotopic (exact) mass is 329 g/mol. The third kappa shape index (κ3) is 6.86. The first-order valence-corrected chi connectivity index (χ1v) is 9.37. The van der Waals surface area contributed by atoms with Crippen LogP contribution in [0.5, 0.6) is 0 Å². The third-order valence-corrected chi connectivity index (χ3v) is 5.38. The molecule has 1 atom stereocenters. The Balaban J connectivity index is 1.59. The van der Waals surface area contributed by atoms with Crippen LogP contribution in [-0.4, -0.2) is 84.7 Å². The van der Waals surface area contributed by atoms with Gasteiger partial charge in [0.1, 0.15) is 0 Å². The normalized spacial score (nSPS) is 24.6. The van der Waals surface area contributed by atoms with Crippen molar-refractivity contribution in [2.45, 2.75) is 38.0 Å². The number of amides is 1. The number of carbonyl (C=O) groups is 1. The van der Waals surface area contributed by atoms with Crippen LogP contribution in [0.25, 0.3) is 0 Å². The van der Waals surface area contributed by atoms with Crippen LogP contribution in [0.1, 0.15) is 27.2 Å². The third-order valence-electron chi connectivity index (χ3n) is 4.11. The number of hydrogen-bond acceptors (Lipinski definition) is 5. The van der Waals surface area contributed by atoms with E-state index >= 15 is 0 Å². The van der Waals surface area contributed by atoms with Crippen molar-refractivity contribution in [2.24, 2.45) is 0 Å². The summed E-state index contributed by atoms with van der Waals surface area (Å²) in [6.45, 7) is 14.6. The molecule has 1 amide bonds. The predicted octanol–water partition coefficient (Wildman–Crippen LogP) is 1.04. The van der Waals surface area contributed by atoms with E-state index in [1.807, 2.05) is 0 Å². The summed E-state index contributed by atoms with van der Waals surface area (Å²) in [6, 6.07) is 0.331. The second kappa shape index (κ2) is 8.52. The van der Waals surface area contributed by atoms with E-state index in [0.717, 1.165) is 58.9 Å². The van der Waals surface area contributed by atoms with Crippen molar-refractivity contribution in [1.29, 1.82) is 0 Å². The summed E-state index contributed by atoms with van der Waals surface area (Å²) >= 11 is 1.71. The molecule has 2 fully saturated rings. The molecule has 2 aliphatic heterocycles. The average Bonchev–Trinajstić information content (AvgIpc) is 2.91. The number of nitrogens with one attached hydrogen (secondary N) is 1. The molecule has 0 saturated carbocycles. The van der Waals surface area contributed by atoms with E-state index in [0.29, 0.717) is 11.8 Å². The van der Waals surface area contributed by atoms with Crippen LogP contribution in [0.4, 0.5) is 0 Å². The molecule has 0 spiro atoms. The van der Waals surface area contributed by atoms with Gasteiger partial charge >= 0.3 is 0 Å². The van der Waals surface area contributed by atoms with Crippen molar-refractivity contribution in [3.8, 4) is 0 Å². The Hall–Kier alpha value is -0.300. The summed E-state index contributed by atoms with van der Waals surface area (Å²) in [7, 11) is 0. The maximum atomic E-state index is 12.0.